The first kappa shape index (κ1) is 15.9. The lowest BCUT2D eigenvalue weighted by Gasteiger charge is -2.10. The molecule has 0 aromatic heterocycles. The summed E-state index contributed by atoms with van der Waals surface area (Å²) in [6.45, 7) is 3.97. The van der Waals surface area contributed by atoms with Crippen LogP contribution >= 0.6 is 0 Å². The maximum absolute atomic E-state index is 11.0. The SMILES string of the molecule is CCCCCCC(C)OOC(=O)CCC(=O)O. The maximum atomic E-state index is 11.0. The summed E-state index contributed by atoms with van der Waals surface area (Å²) in [6.07, 6.45) is 4.89. The normalized spacial score (nSPS) is 12.1. The van der Waals surface area contributed by atoms with Gasteiger partial charge in [-0.2, -0.15) is 4.89 Å². The Labute approximate surface area is 102 Å². The molecule has 17 heavy (non-hydrogen) atoms. The van der Waals surface area contributed by atoms with Crippen LogP contribution in [0.3, 0.4) is 0 Å². The van der Waals surface area contributed by atoms with Crippen molar-refractivity contribution in [2.45, 2.75) is 64.9 Å². The van der Waals surface area contributed by atoms with Crippen molar-refractivity contribution in [3.05, 3.63) is 0 Å². The van der Waals surface area contributed by atoms with Crippen molar-refractivity contribution in [2.75, 3.05) is 0 Å². The fraction of sp³-hybridized carbons (Fsp3) is 0.833. The minimum atomic E-state index is -1.02. The van der Waals surface area contributed by atoms with Crippen LogP contribution in [0.4, 0.5) is 0 Å². The monoisotopic (exact) mass is 246 g/mol. The number of hydrogen-bond acceptors (Lipinski definition) is 4. The highest BCUT2D eigenvalue weighted by molar-refractivity contribution is 5.76. The Balaban J connectivity index is 3.45. The van der Waals surface area contributed by atoms with E-state index < -0.39 is 11.9 Å². The number of rotatable bonds is 10. The Hall–Kier alpha value is -1.10. The molecule has 5 heteroatoms. The van der Waals surface area contributed by atoms with Gasteiger partial charge in [0.25, 0.3) is 0 Å². The Morgan fingerprint density at radius 3 is 2.47 bits per heavy atom. The smallest absolute Gasteiger partial charge is 0.342 e. The van der Waals surface area contributed by atoms with Gasteiger partial charge >= 0.3 is 11.9 Å². The number of carboxylic acid groups (broad SMARTS) is 1. The predicted molar refractivity (Wildman–Crippen MR) is 62.3 cm³/mol. The first-order chi connectivity index (χ1) is 8.06. The van der Waals surface area contributed by atoms with Gasteiger partial charge in [0.05, 0.1) is 12.8 Å². The first-order valence-corrected chi connectivity index (χ1v) is 6.14. The molecule has 0 bridgehead atoms. The summed E-state index contributed by atoms with van der Waals surface area (Å²) in [5.74, 6) is -1.65. The topological polar surface area (TPSA) is 72.8 Å². The van der Waals surface area contributed by atoms with Gasteiger partial charge in [-0.25, -0.2) is 4.79 Å². The van der Waals surface area contributed by atoms with Crippen LogP contribution in [0.1, 0.15) is 58.8 Å². The van der Waals surface area contributed by atoms with Gasteiger partial charge in [-0.15, -0.1) is 0 Å². The minimum absolute atomic E-state index is 0.138. The van der Waals surface area contributed by atoms with Gasteiger partial charge in [-0.1, -0.05) is 32.6 Å². The molecular weight excluding hydrogens is 224 g/mol. The van der Waals surface area contributed by atoms with E-state index in [4.69, 9.17) is 9.99 Å². The molecule has 0 aliphatic carbocycles. The number of unbranched alkanes of at least 4 members (excludes halogenated alkanes) is 3. The van der Waals surface area contributed by atoms with E-state index >= 15 is 0 Å². The third-order valence-electron chi connectivity index (χ3n) is 2.31. The average Bonchev–Trinajstić information content (AvgIpc) is 2.29. The first-order valence-electron chi connectivity index (χ1n) is 6.14. The number of carbonyl (C=O) groups is 2. The van der Waals surface area contributed by atoms with Gasteiger partial charge in [0.2, 0.25) is 0 Å². The van der Waals surface area contributed by atoms with E-state index in [9.17, 15) is 9.59 Å². The van der Waals surface area contributed by atoms with Crippen molar-refractivity contribution >= 4 is 11.9 Å². The zero-order chi connectivity index (χ0) is 13.1. The van der Waals surface area contributed by atoms with Crippen LogP contribution in [0.25, 0.3) is 0 Å². The van der Waals surface area contributed by atoms with Crippen LogP contribution in [-0.2, 0) is 19.4 Å². The highest BCUT2D eigenvalue weighted by atomic mass is 17.2. The van der Waals surface area contributed by atoms with Crippen molar-refractivity contribution in [3.63, 3.8) is 0 Å². The Kier molecular flexibility index (Phi) is 9.43. The molecule has 0 fully saturated rings. The summed E-state index contributed by atoms with van der Waals surface area (Å²) in [6, 6.07) is 0. The summed E-state index contributed by atoms with van der Waals surface area (Å²) < 4.78 is 0. The van der Waals surface area contributed by atoms with Crippen LogP contribution in [0.15, 0.2) is 0 Å². The van der Waals surface area contributed by atoms with Crippen molar-refractivity contribution in [3.8, 4) is 0 Å². The van der Waals surface area contributed by atoms with E-state index in [1.54, 1.807) is 0 Å². The van der Waals surface area contributed by atoms with E-state index in [1.807, 2.05) is 6.92 Å². The van der Waals surface area contributed by atoms with E-state index in [-0.39, 0.29) is 18.9 Å². The molecule has 0 aromatic rings. The lowest BCUT2D eigenvalue weighted by atomic mass is 10.1. The van der Waals surface area contributed by atoms with Crippen molar-refractivity contribution in [2.24, 2.45) is 0 Å². The highest BCUT2D eigenvalue weighted by Crippen LogP contribution is 2.08. The molecule has 0 saturated heterocycles. The lowest BCUT2D eigenvalue weighted by Crippen LogP contribution is -2.14. The van der Waals surface area contributed by atoms with Crippen LogP contribution in [0.5, 0.6) is 0 Å². The summed E-state index contributed by atoms with van der Waals surface area (Å²) in [5.41, 5.74) is 0. The Morgan fingerprint density at radius 1 is 1.18 bits per heavy atom. The minimum Gasteiger partial charge on any atom is -0.481 e. The Bertz CT molecular complexity index is 227. The molecule has 0 spiro atoms. The van der Waals surface area contributed by atoms with Gasteiger partial charge in [-0.05, 0) is 13.3 Å². The second-order valence-corrected chi connectivity index (χ2v) is 4.11. The maximum Gasteiger partial charge on any atom is 0.342 e. The third kappa shape index (κ3) is 11.2. The molecular formula is C12H22O5. The second-order valence-electron chi connectivity index (χ2n) is 4.11. The quantitative estimate of drug-likeness (QED) is 0.364. The van der Waals surface area contributed by atoms with Gasteiger partial charge in [-0.3, -0.25) is 9.68 Å². The van der Waals surface area contributed by atoms with Crippen LogP contribution in [-0.4, -0.2) is 23.1 Å². The van der Waals surface area contributed by atoms with E-state index in [1.165, 1.54) is 12.8 Å². The summed E-state index contributed by atoms with van der Waals surface area (Å²) in [5, 5.41) is 8.36. The van der Waals surface area contributed by atoms with Crippen molar-refractivity contribution < 1.29 is 24.5 Å². The summed E-state index contributed by atoms with van der Waals surface area (Å²) >= 11 is 0. The van der Waals surface area contributed by atoms with Gasteiger partial charge in [0, 0.05) is 0 Å². The molecule has 5 nitrogen and oxygen atoms in total. The second kappa shape index (κ2) is 10.1. The molecule has 0 amide bonds. The summed E-state index contributed by atoms with van der Waals surface area (Å²) in [7, 11) is 0. The van der Waals surface area contributed by atoms with Gasteiger partial charge in [0.15, 0.2) is 0 Å². The molecule has 0 rings (SSSR count). The van der Waals surface area contributed by atoms with E-state index in [2.05, 4.69) is 11.8 Å². The van der Waals surface area contributed by atoms with E-state index in [0.717, 1.165) is 19.3 Å². The zero-order valence-electron chi connectivity index (χ0n) is 10.6. The highest BCUT2D eigenvalue weighted by Gasteiger charge is 2.10. The summed E-state index contributed by atoms with van der Waals surface area (Å²) in [4.78, 5) is 30.6. The predicted octanol–water partition coefficient (Wildman–Crippen LogP) is 2.68. The molecule has 0 saturated carbocycles. The molecule has 0 heterocycles. The fourth-order valence-corrected chi connectivity index (χ4v) is 1.29. The molecule has 100 valence electrons. The van der Waals surface area contributed by atoms with Crippen LogP contribution in [0, 0.1) is 0 Å². The molecule has 0 radical (unpaired) electrons. The van der Waals surface area contributed by atoms with Crippen LogP contribution in [0.2, 0.25) is 0 Å². The average molecular weight is 246 g/mol. The number of carbonyl (C=O) groups excluding carboxylic acids is 1. The van der Waals surface area contributed by atoms with E-state index in [0.29, 0.717) is 0 Å². The number of carboxylic acids is 1. The fourth-order valence-electron chi connectivity index (χ4n) is 1.29. The molecule has 0 aromatic carbocycles. The molecule has 1 unspecified atom stereocenters. The lowest BCUT2D eigenvalue weighted by molar-refractivity contribution is -0.295. The van der Waals surface area contributed by atoms with Crippen molar-refractivity contribution in [1.82, 2.24) is 0 Å². The zero-order valence-corrected chi connectivity index (χ0v) is 10.6. The third-order valence-corrected chi connectivity index (χ3v) is 2.31. The molecule has 0 aliphatic rings. The number of hydrogen-bond donors (Lipinski definition) is 1. The Morgan fingerprint density at radius 2 is 1.88 bits per heavy atom. The molecule has 1 N–H and O–H groups in total. The van der Waals surface area contributed by atoms with Crippen LogP contribution < -0.4 is 0 Å². The largest absolute Gasteiger partial charge is 0.481 e. The van der Waals surface area contributed by atoms with Gasteiger partial charge in [0.1, 0.15) is 6.10 Å². The molecule has 1 atom stereocenters. The standard InChI is InChI=1S/C12H22O5/c1-3-4-5-6-7-10(2)16-17-12(15)9-8-11(13)14/h10H,3-9H2,1-2H3,(H,13,14). The van der Waals surface area contributed by atoms with Crippen molar-refractivity contribution in [1.29, 1.82) is 0 Å². The molecule has 0 aliphatic heterocycles. The number of aliphatic carboxylic acids is 1. The van der Waals surface area contributed by atoms with Gasteiger partial charge < -0.3 is 5.11 Å².